The second kappa shape index (κ2) is 18.3. The molecule has 5 atom stereocenters. The predicted octanol–water partition coefficient (Wildman–Crippen LogP) is 6.50. The van der Waals surface area contributed by atoms with E-state index >= 15 is 0 Å². The Morgan fingerprint density at radius 2 is 1.75 bits per heavy atom. The van der Waals surface area contributed by atoms with E-state index in [4.69, 9.17) is 27.1 Å². The molecule has 2 saturated carbocycles. The average molecular weight is 806 g/mol. The lowest BCUT2D eigenvalue weighted by Crippen LogP contribution is -2.49. The van der Waals surface area contributed by atoms with Crippen molar-refractivity contribution in [2.45, 2.75) is 116 Å². The highest BCUT2D eigenvalue weighted by Gasteiger charge is 2.47. The van der Waals surface area contributed by atoms with Crippen molar-refractivity contribution in [3.63, 3.8) is 0 Å². The lowest BCUT2D eigenvalue weighted by molar-refractivity contribution is -0.147. The molecule has 3 aromatic rings. The molecular formula is C41H52ClN7O6S. The molecule has 300 valence electrons. The van der Waals surface area contributed by atoms with Gasteiger partial charge < -0.3 is 20.7 Å². The minimum absolute atomic E-state index is 0.0506. The quantitative estimate of drug-likeness (QED) is 0.142. The van der Waals surface area contributed by atoms with Gasteiger partial charge in [-0.2, -0.15) is 0 Å². The number of pyridine rings is 1. The Labute approximate surface area is 337 Å². The Hall–Kier alpha value is -4.30. The summed E-state index contributed by atoms with van der Waals surface area (Å²) in [4.78, 5) is 87.8. The van der Waals surface area contributed by atoms with Gasteiger partial charge in [-0.1, -0.05) is 70.9 Å². The molecule has 2 unspecified atom stereocenters. The summed E-state index contributed by atoms with van der Waals surface area (Å²) in [7, 11) is 0. The minimum atomic E-state index is -1.06. The number of carbonyl (C=O) groups is 5. The van der Waals surface area contributed by atoms with E-state index in [0.29, 0.717) is 33.8 Å². The molecule has 3 aromatic heterocycles. The molecule has 3 aliphatic rings. The van der Waals surface area contributed by atoms with Crippen molar-refractivity contribution in [1.29, 1.82) is 0 Å². The van der Waals surface area contributed by atoms with E-state index < -0.39 is 47.1 Å². The number of amides is 2. The zero-order chi connectivity index (χ0) is 40.0. The van der Waals surface area contributed by atoms with Gasteiger partial charge in [0.15, 0.2) is 16.7 Å². The van der Waals surface area contributed by atoms with Crippen LogP contribution in [0.2, 0.25) is 5.02 Å². The summed E-state index contributed by atoms with van der Waals surface area (Å²) in [6.07, 6.45) is 13.8. The number of nitrogens with two attached hydrogens (primary N) is 1. The number of carbonyl (C=O) groups excluding carboxylic acids is 5. The Kier molecular flexibility index (Phi) is 13.5. The Bertz CT molecular complexity index is 1860. The number of primary amides is 1. The minimum Gasteiger partial charge on any atom is -0.472 e. The number of ether oxygens (including phenoxy) is 1. The number of likely N-dealkylation sites (tertiary alicyclic amines) is 1. The highest BCUT2D eigenvalue weighted by molar-refractivity contribution is 7.14. The molecule has 0 aromatic carbocycles. The van der Waals surface area contributed by atoms with Crippen LogP contribution >= 0.6 is 22.9 Å². The molecule has 0 radical (unpaired) electrons. The predicted molar refractivity (Wildman–Crippen MR) is 213 cm³/mol. The molecule has 0 bridgehead atoms. The van der Waals surface area contributed by atoms with Crippen molar-refractivity contribution in [3.05, 3.63) is 47.3 Å². The molecular weight excluding hydrogens is 754 g/mol. The summed E-state index contributed by atoms with van der Waals surface area (Å²) < 4.78 is 6.19. The number of hydrogen-bond acceptors (Lipinski definition) is 12. The molecule has 1 aliphatic heterocycles. The molecule has 0 spiro atoms. The van der Waals surface area contributed by atoms with Crippen LogP contribution in [0.3, 0.4) is 0 Å². The van der Waals surface area contributed by atoms with Gasteiger partial charge in [0.1, 0.15) is 17.5 Å². The summed E-state index contributed by atoms with van der Waals surface area (Å²) >= 11 is 7.44. The highest BCUT2D eigenvalue weighted by atomic mass is 35.5. The maximum Gasteiger partial charge on any atom is 0.285 e. The van der Waals surface area contributed by atoms with Crippen LogP contribution < -0.4 is 15.8 Å². The largest absolute Gasteiger partial charge is 0.472 e. The lowest BCUT2D eigenvalue weighted by atomic mass is 9.74. The van der Waals surface area contributed by atoms with Gasteiger partial charge in [0.2, 0.25) is 17.6 Å². The molecule has 3 N–H and O–H groups in total. The zero-order valence-electron chi connectivity index (χ0n) is 32.3. The number of thiazole rings is 1. The number of nitrogens with one attached hydrogen (secondary N) is 1. The molecule has 6 rings (SSSR count). The van der Waals surface area contributed by atoms with Crippen LogP contribution in [0, 0.1) is 29.1 Å². The highest BCUT2D eigenvalue weighted by Crippen LogP contribution is 2.39. The summed E-state index contributed by atoms with van der Waals surface area (Å²) in [6.45, 7) is 5.86. The van der Waals surface area contributed by atoms with E-state index in [2.05, 4.69) is 20.3 Å². The van der Waals surface area contributed by atoms with Crippen LogP contribution in [0.25, 0.3) is 11.4 Å². The molecule has 13 nitrogen and oxygen atoms in total. The average Bonchev–Trinajstić information content (AvgIpc) is 3.82. The summed E-state index contributed by atoms with van der Waals surface area (Å²) in [6, 6.07) is 1.76. The topological polar surface area (TPSA) is 187 Å². The van der Waals surface area contributed by atoms with E-state index in [9.17, 15) is 24.0 Å². The molecule has 56 heavy (non-hydrogen) atoms. The van der Waals surface area contributed by atoms with E-state index in [1.807, 2.05) is 26.2 Å². The number of anilines is 1. The van der Waals surface area contributed by atoms with Gasteiger partial charge in [-0.3, -0.25) is 33.9 Å². The fourth-order valence-electron chi connectivity index (χ4n) is 8.27. The molecule has 1 saturated heterocycles. The first kappa shape index (κ1) is 41.3. The van der Waals surface area contributed by atoms with Gasteiger partial charge in [0.25, 0.3) is 5.91 Å². The van der Waals surface area contributed by atoms with E-state index in [1.54, 1.807) is 30.7 Å². The van der Waals surface area contributed by atoms with Crippen LogP contribution in [-0.4, -0.2) is 78.7 Å². The molecule has 4 heterocycles. The monoisotopic (exact) mass is 805 g/mol. The number of aromatic nitrogens is 4. The van der Waals surface area contributed by atoms with Crippen molar-refractivity contribution in [1.82, 2.24) is 24.8 Å². The standard InChI is InChI=1S/C41H52ClN7O6S/c1-41(2,3)29(19-34(51)36(25-10-5-4-6-11-25)48-40-47-31(23-56-40)30-21-44-14-15-45-30)39(54)49-22-28(55-35-13-12-27(42)20-46-35)18-32(49)33(50)17-26(37(52)38(43)53)16-24-8-7-9-24/h12-15,20-21,23-26,28-29,32,36H,4-11,16-19,22H2,1-3H3,(H2,43,53)(H,47,48)/t26?,28-,29-,32?,36+/m1/s1. The van der Waals surface area contributed by atoms with E-state index in [-0.39, 0.29) is 55.1 Å². The maximum absolute atomic E-state index is 14.9. The fourth-order valence-corrected chi connectivity index (χ4v) is 9.13. The molecule has 2 amide bonds. The van der Waals surface area contributed by atoms with Gasteiger partial charge in [-0.15, -0.1) is 11.3 Å². The van der Waals surface area contributed by atoms with Crippen LogP contribution in [0.5, 0.6) is 5.88 Å². The number of nitrogens with zero attached hydrogens (tertiary/aromatic N) is 5. The van der Waals surface area contributed by atoms with Crippen molar-refractivity contribution in [3.8, 4) is 17.3 Å². The molecule has 3 fully saturated rings. The van der Waals surface area contributed by atoms with Crippen molar-refractivity contribution < 1.29 is 28.7 Å². The Balaban J connectivity index is 1.25. The lowest BCUT2D eigenvalue weighted by Gasteiger charge is -2.37. The van der Waals surface area contributed by atoms with Gasteiger partial charge >= 0.3 is 0 Å². The normalized spacial score (nSPS) is 20.8. The van der Waals surface area contributed by atoms with Crippen molar-refractivity contribution >= 4 is 57.2 Å². The first-order valence-corrected chi connectivity index (χ1v) is 21.0. The van der Waals surface area contributed by atoms with Crippen LogP contribution in [0.1, 0.15) is 97.8 Å². The molecule has 15 heteroatoms. The third-order valence-corrected chi connectivity index (χ3v) is 12.6. The zero-order valence-corrected chi connectivity index (χ0v) is 33.9. The number of hydrogen-bond donors (Lipinski definition) is 2. The number of Topliss-reactive ketones (excluding diaryl/α,β-unsaturated/α-hetero) is 3. The maximum atomic E-state index is 14.9. The molecule has 2 aliphatic carbocycles. The number of halogens is 1. The second-order valence-electron chi connectivity index (χ2n) is 16.7. The summed E-state index contributed by atoms with van der Waals surface area (Å²) in [5, 5.41) is 6.37. The second-order valence-corrected chi connectivity index (χ2v) is 18.0. The first-order valence-electron chi connectivity index (χ1n) is 19.7. The summed E-state index contributed by atoms with van der Waals surface area (Å²) in [5.41, 5.74) is 6.06. The van der Waals surface area contributed by atoms with E-state index in [1.165, 1.54) is 22.4 Å². The van der Waals surface area contributed by atoms with E-state index in [0.717, 1.165) is 51.4 Å². The Morgan fingerprint density at radius 1 is 0.982 bits per heavy atom. The SMILES string of the molecule is CC(C)(C)[C@H](CC(=O)[C@@H](Nc1nc(-c2cnccn2)cs1)C1CCCCC1)C(=O)N1C[C@H](Oc2ccc(Cl)cn2)CC1C(=O)CC(CC1CCC1)C(=O)C(N)=O. The van der Waals surface area contributed by atoms with Crippen molar-refractivity contribution in [2.24, 2.45) is 34.8 Å². The number of rotatable bonds is 17. The van der Waals surface area contributed by atoms with Gasteiger partial charge in [-0.05, 0) is 42.6 Å². The fraction of sp³-hybridized carbons (Fsp3) is 0.585. The summed E-state index contributed by atoms with van der Waals surface area (Å²) in [5.74, 6) is -3.62. The first-order chi connectivity index (χ1) is 26.8. The van der Waals surface area contributed by atoms with Crippen LogP contribution in [-0.2, 0) is 24.0 Å². The van der Waals surface area contributed by atoms with Crippen LogP contribution in [0.15, 0.2) is 42.3 Å². The Morgan fingerprint density at radius 3 is 2.38 bits per heavy atom. The van der Waals surface area contributed by atoms with Gasteiger partial charge in [0, 0.05) is 61.1 Å². The smallest absolute Gasteiger partial charge is 0.285 e. The van der Waals surface area contributed by atoms with Gasteiger partial charge in [-0.25, -0.2) is 9.97 Å². The third kappa shape index (κ3) is 10.4. The van der Waals surface area contributed by atoms with Crippen LogP contribution in [0.4, 0.5) is 5.13 Å². The number of ketones is 3. The van der Waals surface area contributed by atoms with Crippen molar-refractivity contribution in [2.75, 3.05) is 11.9 Å². The van der Waals surface area contributed by atoms with Gasteiger partial charge in [0.05, 0.1) is 29.8 Å². The third-order valence-electron chi connectivity index (χ3n) is 11.6.